The highest BCUT2D eigenvalue weighted by Gasteiger charge is 2.22. The number of hydrogen-bond acceptors (Lipinski definition) is 4. The van der Waals surface area contributed by atoms with Crippen molar-refractivity contribution in [1.82, 2.24) is 0 Å². The topological polar surface area (TPSA) is 101 Å². The van der Waals surface area contributed by atoms with Crippen molar-refractivity contribution in [3.63, 3.8) is 0 Å². The zero-order chi connectivity index (χ0) is 15.9. The molecule has 0 spiro atoms. The summed E-state index contributed by atoms with van der Waals surface area (Å²) in [6, 6.07) is 0. The van der Waals surface area contributed by atoms with E-state index in [0.717, 1.165) is 0 Å². The van der Waals surface area contributed by atoms with Crippen molar-refractivity contribution < 1.29 is 28.5 Å². The predicted molar refractivity (Wildman–Crippen MR) is 75.0 cm³/mol. The molecule has 2 N–H and O–H groups in total. The molecule has 0 heterocycles. The van der Waals surface area contributed by atoms with Crippen LogP contribution in [0.3, 0.4) is 0 Å². The highest BCUT2D eigenvalue weighted by Crippen LogP contribution is 2.36. The molecule has 20 heavy (non-hydrogen) atoms. The van der Waals surface area contributed by atoms with Crippen molar-refractivity contribution in [2.24, 2.45) is 5.92 Å². The third-order valence-electron chi connectivity index (χ3n) is 2.71. The largest absolute Gasteiger partial charge is 0.469 e. The van der Waals surface area contributed by atoms with Crippen LogP contribution < -0.4 is 0 Å². The third-order valence-corrected chi connectivity index (χ3v) is 3.23. The quantitative estimate of drug-likeness (QED) is 0.474. The zero-order valence-corrected chi connectivity index (χ0v) is 12.7. The Morgan fingerprint density at radius 2 is 1.70 bits per heavy atom. The van der Waals surface area contributed by atoms with E-state index in [1.807, 2.05) is 0 Å². The van der Waals surface area contributed by atoms with E-state index < -0.39 is 13.7 Å². The van der Waals surface area contributed by atoms with E-state index >= 15 is 0 Å². The molecule has 0 fully saturated rings. The predicted octanol–water partition coefficient (Wildman–Crippen LogP) is 2.17. The average Bonchev–Trinajstić information content (AvgIpc) is 2.30. The van der Waals surface area contributed by atoms with Gasteiger partial charge in [0.15, 0.2) is 11.6 Å². The molecule has 0 aliphatic rings. The second kappa shape index (κ2) is 8.27. The fraction of sp³-hybridized carbons (Fsp3) is 0.538. The number of rotatable bonds is 10. The summed E-state index contributed by atoms with van der Waals surface area (Å²) in [5, 5.41) is 0. The van der Waals surface area contributed by atoms with E-state index in [4.69, 9.17) is 9.79 Å². The molecule has 0 aromatic heterocycles. The standard InChI is InChI=1S/C13H21O6P/c1-9(2)12(14)6-5-11(13(15)10(3)4)7-8-19-20(16,17)18/h11H,1,3,5-8H2,2,4H3,(H2,16,17,18). The van der Waals surface area contributed by atoms with Gasteiger partial charge in [-0.05, 0) is 37.8 Å². The molecule has 0 radical (unpaired) electrons. The molecular formula is C13H21O6P. The van der Waals surface area contributed by atoms with Crippen LogP contribution in [0, 0.1) is 5.92 Å². The Labute approximate surface area is 118 Å². The highest BCUT2D eigenvalue weighted by atomic mass is 31.2. The molecule has 7 heteroatoms. The van der Waals surface area contributed by atoms with Gasteiger partial charge in [0.1, 0.15) is 0 Å². The van der Waals surface area contributed by atoms with E-state index in [1.165, 1.54) is 0 Å². The van der Waals surface area contributed by atoms with Gasteiger partial charge in [0, 0.05) is 12.3 Å². The molecule has 0 aliphatic carbocycles. The minimum Gasteiger partial charge on any atom is -0.303 e. The lowest BCUT2D eigenvalue weighted by Gasteiger charge is -2.15. The second-order valence-corrected chi connectivity index (χ2v) is 5.94. The highest BCUT2D eigenvalue weighted by molar-refractivity contribution is 7.46. The summed E-state index contributed by atoms with van der Waals surface area (Å²) >= 11 is 0. The van der Waals surface area contributed by atoms with E-state index in [9.17, 15) is 14.2 Å². The van der Waals surface area contributed by atoms with Gasteiger partial charge >= 0.3 is 7.82 Å². The van der Waals surface area contributed by atoms with Crippen molar-refractivity contribution in [2.45, 2.75) is 33.1 Å². The number of hydrogen-bond donors (Lipinski definition) is 2. The van der Waals surface area contributed by atoms with Gasteiger partial charge in [-0.25, -0.2) is 4.57 Å². The summed E-state index contributed by atoms with van der Waals surface area (Å²) in [6.07, 6.45) is 0.567. The Morgan fingerprint density at radius 1 is 1.15 bits per heavy atom. The van der Waals surface area contributed by atoms with Gasteiger partial charge in [0.2, 0.25) is 0 Å². The summed E-state index contributed by atoms with van der Waals surface area (Å²) in [6.45, 7) is 9.97. The minimum absolute atomic E-state index is 0.125. The molecule has 0 amide bonds. The molecular weight excluding hydrogens is 283 g/mol. The number of carbonyl (C=O) groups is 2. The molecule has 0 aliphatic heterocycles. The molecule has 0 aromatic rings. The van der Waals surface area contributed by atoms with E-state index in [-0.39, 0.29) is 37.4 Å². The first kappa shape index (κ1) is 18.9. The SMILES string of the molecule is C=C(C)C(=O)CCC(CCOP(=O)(O)O)C(=O)C(=C)C. The van der Waals surface area contributed by atoms with Gasteiger partial charge in [0.25, 0.3) is 0 Å². The maximum Gasteiger partial charge on any atom is 0.469 e. The normalized spacial score (nSPS) is 12.8. The number of phosphoric acid groups is 1. The first-order valence-corrected chi connectivity index (χ1v) is 7.66. The van der Waals surface area contributed by atoms with E-state index in [0.29, 0.717) is 11.1 Å². The zero-order valence-electron chi connectivity index (χ0n) is 11.8. The van der Waals surface area contributed by atoms with Crippen LogP contribution in [0.4, 0.5) is 0 Å². The molecule has 0 aromatic carbocycles. The summed E-state index contributed by atoms with van der Waals surface area (Å²) in [4.78, 5) is 40.6. The van der Waals surface area contributed by atoms with Crippen LogP contribution in [-0.4, -0.2) is 28.0 Å². The lowest BCUT2D eigenvalue weighted by atomic mass is 9.90. The van der Waals surface area contributed by atoms with Gasteiger partial charge < -0.3 is 9.79 Å². The van der Waals surface area contributed by atoms with Crippen molar-refractivity contribution in [3.8, 4) is 0 Å². The lowest BCUT2D eigenvalue weighted by molar-refractivity contribution is -0.120. The molecule has 0 rings (SSSR count). The molecule has 0 bridgehead atoms. The maximum atomic E-state index is 11.9. The molecule has 1 atom stereocenters. The lowest BCUT2D eigenvalue weighted by Crippen LogP contribution is -2.18. The Hall–Kier alpha value is -1.07. The fourth-order valence-corrected chi connectivity index (χ4v) is 1.93. The fourth-order valence-electron chi connectivity index (χ4n) is 1.59. The van der Waals surface area contributed by atoms with Crippen LogP contribution in [0.2, 0.25) is 0 Å². The number of phosphoric ester groups is 1. The number of carbonyl (C=O) groups excluding carboxylic acids is 2. The smallest absolute Gasteiger partial charge is 0.303 e. The van der Waals surface area contributed by atoms with Gasteiger partial charge in [-0.2, -0.15) is 0 Å². The second-order valence-electron chi connectivity index (χ2n) is 4.70. The first-order chi connectivity index (χ1) is 9.04. The Balaban J connectivity index is 4.54. The Bertz CT molecular complexity index is 448. The minimum atomic E-state index is -4.54. The average molecular weight is 304 g/mol. The van der Waals surface area contributed by atoms with Crippen LogP contribution in [0.25, 0.3) is 0 Å². The van der Waals surface area contributed by atoms with Gasteiger partial charge in [-0.15, -0.1) is 0 Å². The van der Waals surface area contributed by atoms with Gasteiger partial charge in [-0.3, -0.25) is 14.1 Å². The van der Waals surface area contributed by atoms with Crippen molar-refractivity contribution in [1.29, 1.82) is 0 Å². The number of Topliss-reactive ketones (excluding diaryl/α,β-unsaturated/α-hetero) is 2. The van der Waals surface area contributed by atoms with Crippen LogP contribution in [0.5, 0.6) is 0 Å². The van der Waals surface area contributed by atoms with Crippen molar-refractivity contribution in [3.05, 3.63) is 24.3 Å². The van der Waals surface area contributed by atoms with Crippen molar-refractivity contribution >= 4 is 19.4 Å². The maximum absolute atomic E-state index is 11.9. The third kappa shape index (κ3) is 8.17. The summed E-state index contributed by atoms with van der Waals surface area (Å²) < 4.78 is 14.9. The molecule has 114 valence electrons. The van der Waals surface area contributed by atoms with E-state index in [1.54, 1.807) is 13.8 Å². The first-order valence-electron chi connectivity index (χ1n) is 6.13. The number of ketones is 2. The Morgan fingerprint density at radius 3 is 2.10 bits per heavy atom. The van der Waals surface area contributed by atoms with Crippen molar-refractivity contribution in [2.75, 3.05) is 6.61 Å². The molecule has 1 unspecified atom stereocenters. The van der Waals surface area contributed by atoms with Crippen LogP contribution >= 0.6 is 7.82 Å². The summed E-state index contributed by atoms with van der Waals surface area (Å²) in [7, 11) is -4.54. The van der Waals surface area contributed by atoms with Crippen LogP contribution in [-0.2, 0) is 18.7 Å². The van der Waals surface area contributed by atoms with Gasteiger partial charge in [-0.1, -0.05) is 13.2 Å². The molecule has 0 saturated heterocycles. The van der Waals surface area contributed by atoms with Crippen LogP contribution in [0.1, 0.15) is 33.1 Å². The molecule has 6 nitrogen and oxygen atoms in total. The van der Waals surface area contributed by atoms with Crippen LogP contribution in [0.15, 0.2) is 24.3 Å². The monoisotopic (exact) mass is 304 g/mol. The molecule has 0 saturated carbocycles. The Kier molecular flexibility index (Phi) is 7.83. The van der Waals surface area contributed by atoms with E-state index in [2.05, 4.69) is 17.7 Å². The number of allylic oxidation sites excluding steroid dienone is 2. The summed E-state index contributed by atoms with van der Waals surface area (Å²) in [5.41, 5.74) is 0.756. The van der Waals surface area contributed by atoms with Gasteiger partial charge in [0.05, 0.1) is 6.61 Å². The summed E-state index contributed by atoms with van der Waals surface area (Å²) in [5.74, 6) is -0.906.